The number of aromatic nitrogens is 1. The quantitative estimate of drug-likeness (QED) is 0.671. The standard InChI is InChI=1S/C21H22N2O3S/c1-26-20-12-3-2-10-18(20)19-11-6-14-23(19)27(24,25)15-17-8-4-7-16-9-5-13-22-21(16)17/h2-5,7-10,12-13,19H,6,11,14-15H2,1H3/t19-/m0/s1. The molecule has 0 amide bonds. The number of ether oxygens (including phenoxy) is 1. The molecule has 5 nitrogen and oxygen atoms in total. The summed E-state index contributed by atoms with van der Waals surface area (Å²) < 4.78 is 33.7. The second-order valence-corrected chi connectivity index (χ2v) is 8.68. The summed E-state index contributed by atoms with van der Waals surface area (Å²) in [5.74, 6) is 0.684. The van der Waals surface area contributed by atoms with Crippen LogP contribution in [0.4, 0.5) is 0 Å². The lowest BCUT2D eigenvalue weighted by Crippen LogP contribution is -2.32. The highest BCUT2D eigenvalue weighted by Crippen LogP contribution is 2.39. The zero-order valence-electron chi connectivity index (χ0n) is 15.2. The first-order chi connectivity index (χ1) is 13.1. The largest absolute Gasteiger partial charge is 0.496 e. The first kappa shape index (κ1) is 17.9. The number of sulfonamides is 1. The van der Waals surface area contributed by atoms with Gasteiger partial charge in [0.15, 0.2) is 0 Å². The van der Waals surface area contributed by atoms with Crippen molar-refractivity contribution in [2.45, 2.75) is 24.6 Å². The van der Waals surface area contributed by atoms with E-state index in [-0.39, 0.29) is 11.8 Å². The summed E-state index contributed by atoms with van der Waals surface area (Å²) >= 11 is 0. The third-order valence-electron chi connectivity index (χ3n) is 5.11. The molecular weight excluding hydrogens is 360 g/mol. The van der Waals surface area contributed by atoms with Crippen LogP contribution in [-0.4, -0.2) is 31.4 Å². The van der Waals surface area contributed by atoms with Gasteiger partial charge in [0.05, 0.1) is 24.4 Å². The van der Waals surface area contributed by atoms with Crippen LogP contribution < -0.4 is 4.74 Å². The van der Waals surface area contributed by atoms with Crippen LogP contribution >= 0.6 is 0 Å². The highest BCUT2D eigenvalue weighted by Gasteiger charge is 2.36. The second kappa shape index (κ2) is 7.29. The maximum atomic E-state index is 13.3. The summed E-state index contributed by atoms with van der Waals surface area (Å²) in [5, 5.41) is 0.952. The zero-order chi connectivity index (χ0) is 18.9. The lowest BCUT2D eigenvalue weighted by Gasteiger charge is -2.26. The first-order valence-corrected chi connectivity index (χ1v) is 10.7. The van der Waals surface area contributed by atoms with Crippen molar-refractivity contribution < 1.29 is 13.2 Å². The van der Waals surface area contributed by atoms with Crippen molar-refractivity contribution in [1.82, 2.24) is 9.29 Å². The van der Waals surface area contributed by atoms with E-state index < -0.39 is 10.0 Å². The normalized spacial score (nSPS) is 18.0. The van der Waals surface area contributed by atoms with Crippen molar-refractivity contribution in [1.29, 1.82) is 0 Å². The molecule has 0 N–H and O–H groups in total. The van der Waals surface area contributed by atoms with Gasteiger partial charge in [-0.25, -0.2) is 8.42 Å². The van der Waals surface area contributed by atoms with E-state index in [2.05, 4.69) is 4.98 Å². The molecule has 1 aromatic heterocycles. The highest BCUT2D eigenvalue weighted by atomic mass is 32.2. The van der Waals surface area contributed by atoms with Gasteiger partial charge in [-0.1, -0.05) is 42.5 Å². The van der Waals surface area contributed by atoms with E-state index in [0.29, 0.717) is 6.54 Å². The lowest BCUT2D eigenvalue weighted by atomic mass is 10.0. The molecule has 2 aromatic carbocycles. The fraction of sp³-hybridized carbons (Fsp3) is 0.286. The number of hydrogen-bond donors (Lipinski definition) is 0. The van der Waals surface area contributed by atoms with Crippen molar-refractivity contribution in [3.8, 4) is 5.75 Å². The van der Waals surface area contributed by atoms with Crippen LogP contribution in [0.25, 0.3) is 10.9 Å². The van der Waals surface area contributed by atoms with Gasteiger partial charge in [0.2, 0.25) is 10.0 Å². The molecule has 6 heteroatoms. The molecule has 0 saturated carbocycles. The monoisotopic (exact) mass is 382 g/mol. The van der Waals surface area contributed by atoms with Gasteiger partial charge in [-0.2, -0.15) is 4.31 Å². The van der Waals surface area contributed by atoms with E-state index in [1.807, 2.05) is 54.6 Å². The molecule has 4 rings (SSSR count). The molecule has 1 fully saturated rings. The van der Waals surface area contributed by atoms with Crippen molar-refractivity contribution in [3.05, 3.63) is 71.9 Å². The molecule has 140 valence electrons. The summed E-state index contributed by atoms with van der Waals surface area (Å²) in [4.78, 5) is 4.39. The molecule has 0 spiro atoms. The van der Waals surface area contributed by atoms with E-state index in [1.54, 1.807) is 17.6 Å². The predicted octanol–water partition coefficient (Wildman–Crippen LogP) is 3.91. The van der Waals surface area contributed by atoms with Crippen molar-refractivity contribution in [2.75, 3.05) is 13.7 Å². The second-order valence-electron chi connectivity index (χ2n) is 6.76. The fourth-order valence-electron chi connectivity index (χ4n) is 3.89. The number of fused-ring (bicyclic) bond motifs is 1. The lowest BCUT2D eigenvalue weighted by molar-refractivity contribution is 0.366. The topological polar surface area (TPSA) is 59.5 Å². The van der Waals surface area contributed by atoms with E-state index in [4.69, 9.17) is 4.74 Å². The first-order valence-electron chi connectivity index (χ1n) is 9.05. The van der Waals surface area contributed by atoms with Crippen LogP contribution in [0.5, 0.6) is 5.75 Å². The van der Waals surface area contributed by atoms with Crippen molar-refractivity contribution in [3.63, 3.8) is 0 Å². The van der Waals surface area contributed by atoms with Crippen LogP contribution in [0.1, 0.15) is 30.0 Å². The molecule has 0 aliphatic carbocycles. The summed E-state index contributed by atoms with van der Waals surface area (Å²) in [6.45, 7) is 0.531. The molecule has 1 atom stereocenters. The molecule has 1 saturated heterocycles. The number of benzene rings is 2. The van der Waals surface area contributed by atoms with Gasteiger partial charge in [0.25, 0.3) is 0 Å². The van der Waals surface area contributed by atoms with Gasteiger partial charge < -0.3 is 4.74 Å². The molecule has 1 aliphatic rings. The summed E-state index contributed by atoms with van der Waals surface area (Å²) in [6.07, 6.45) is 3.34. The third kappa shape index (κ3) is 3.42. The molecule has 1 aliphatic heterocycles. The molecule has 27 heavy (non-hydrogen) atoms. The Bertz CT molecular complexity index is 1060. The van der Waals surface area contributed by atoms with Gasteiger partial charge >= 0.3 is 0 Å². The smallest absolute Gasteiger partial charge is 0.218 e. The van der Waals surface area contributed by atoms with Gasteiger partial charge in [-0.15, -0.1) is 0 Å². The van der Waals surface area contributed by atoms with Crippen LogP contribution in [0, 0.1) is 0 Å². The molecular formula is C21H22N2O3S. The molecule has 3 aromatic rings. The maximum Gasteiger partial charge on any atom is 0.218 e. The number of pyridine rings is 1. The summed E-state index contributed by atoms with van der Waals surface area (Å²) in [6, 6.07) is 17.0. The minimum atomic E-state index is -3.49. The Labute approximate surface area is 159 Å². The van der Waals surface area contributed by atoms with Gasteiger partial charge in [-0.05, 0) is 30.5 Å². The number of para-hydroxylation sites is 2. The Morgan fingerprint density at radius 1 is 1.11 bits per heavy atom. The summed E-state index contributed by atoms with van der Waals surface area (Å²) in [5.41, 5.74) is 2.41. The third-order valence-corrected chi connectivity index (χ3v) is 6.94. The molecule has 0 bridgehead atoms. The SMILES string of the molecule is COc1ccccc1[C@@H]1CCCN1S(=O)(=O)Cc1cccc2cccnc12. The van der Waals surface area contributed by atoms with Crippen molar-refractivity contribution >= 4 is 20.9 Å². The maximum absolute atomic E-state index is 13.3. The summed E-state index contributed by atoms with van der Waals surface area (Å²) in [7, 11) is -1.87. The minimum absolute atomic E-state index is 0.0486. The Morgan fingerprint density at radius 3 is 2.78 bits per heavy atom. The highest BCUT2D eigenvalue weighted by molar-refractivity contribution is 7.88. The van der Waals surface area contributed by atoms with Crippen LogP contribution in [0.2, 0.25) is 0 Å². The van der Waals surface area contributed by atoms with Gasteiger partial charge in [0.1, 0.15) is 5.75 Å². The van der Waals surface area contributed by atoms with E-state index >= 15 is 0 Å². The molecule has 0 unspecified atom stereocenters. The minimum Gasteiger partial charge on any atom is -0.496 e. The van der Waals surface area contributed by atoms with E-state index in [0.717, 1.165) is 40.6 Å². The Balaban J connectivity index is 1.68. The Kier molecular flexibility index (Phi) is 4.85. The van der Waals surface area contributed by atoms with E-state index in [9.17, 15) is 8.42 Å². The van der Waals surface area contributed by atoms with Crippen LogP contribution in [0.3, 0.4) is 0 Å². The zero-order valence-corrected chi connectivity index (χ0v) is 16.0. The Morgan fingerprint density at radius 2 is 1.93 bits per heavy atom. The van der Waals surface area contributed by atoms with Gasteiger partial charge in [0, 0.05) is 23.7 Å². The van der Waals surface area contributed by atoms with E-state index in [1.165, 1.54) is 0 Å². The molecule has 2 heterocycles. The van der Waals surface area contributed by atoms with Crippen LogP contribution in [-0.2, 0) is 15.8 Å². The Hall–Kier alpha value is -2.44. The van der Waals surface area contributed by atoms with Crippen LogP contribution in [0.15, 0.2) is 60.8 Å². The predicted molar refractivity (Wildman–Crippen MR) is 106 cm³/mol. The fourth-order valence-corrected chi connectivity index (χ4v) is 5.69. The number of methoxy groups -OCH3 is 1. The van der Waals surface area contributed by atoms with Gasteiger partial charge in [-0.3, -0.25) is 4.98 Å². The molecule has 0 radical (unpaired) electrons. The number of hydrogen-bond acceptors (Lipinski definition) is 4. The number of rotatable bonds is 5. The average Bonchev–Trinajstić information content (AvgIpc) is 3.19. The van der Waals surface area contributed by atoms with Crippen molar-refractivity contribution in [2.24, 2.45) is 0 Å². The average molecular weight is 382 g/mol. The number of nitrogens with zero attached hydrogens (tertiary/aromatic N) is 2.